The third-order valence-electron chi connectivity index (χ3n) is 4.41. The standard InChI is InChI=1S/C17H26N2O2/c1-13(2)19-10-9-17(3,12-19)16(20)18-11-14-7-5-6-8-15(14)21-4/h5-8,13H,9-12H2,1-4H3,(H,18,20). The van der Waals surface area contributed by atoms with Gasteiger partial charge in [0.05, 0.1) is 12.5 Å². The van der Waals surface area contributed by atoms with Gasteiger partial charge in [-0.3, -0.25) is 9.69 Å². The number of para-hydroxylation sites is 1. The highest BCUT2D eigenvalue weighted by atomic mass is 16.5. The minimum Gasteiger partial charge on any atom is -0.496 e. The molecule has 21 heavy (non-hydrogen) atoms. The van der Waals surface area contributed by atoms with Crippen molar-refractivity contribution in [3.8, 4) is 5.75 Å². The van der Waals surface area contributed by atoms with E-state index in [0.717, 1.165) is 30.8 Å². The van der Waals surface area contributed by atoms with Crippen LogP contribution in [0.3, 0.4) is 0 Å². The largest absolute Gasteiger partial charge is 0.496 e. The summed E-state index contributed by atoms with van der Waals surface area (Å²) in [4.78, 5) is 14.9. The van der Waals surface area contributed by atoms with Gasteiger partial charge in [0.2, 0.25) is 5.91 Å². The number of hydrogen-bond donors (Lipinski definition) is 1. The Bertz CT molecular complexity index is 501. The van der Waals surface area contributed by atoms with E-state index in [1.807, 2.05) is 24.3 Å². The number of amides is 1. The maximum Gasteiger partial charge on any atom is 0.227 e. The third-order valence-corrected chi connectivity index (χ3v) is 4.41. The Morgan fingerprint density at radius 1 is 1.43 bits per heavy atom. The van der Waals surface area contributed by atoms with Gasteiger partial charge in [0.1, 0.15) is 5.75 Å². The number of carbonyl (C=O) groups excluding carboxylic acids is 1. The van der Waals surface area contributed by atoms with Crippen molar-refractivity contribution < 1.29 is 9.53 Å². The van der Waals surface area contributed by atoms with E-state index in [2.05, 4.69) is 31.0 Å². The summed E-state index contributed by atoms with van der Waals surface area (Å²) in [6, 6.07) is 8.29. The normalized spacial score (nSPS) is 22.5. The van der Waals surface area contributed by atoms with Crippen LogP contribution < -0.4 is 10.1 Å². The van der Waals surface area contributed by atoms with Gasteiger partial charge in [0, 0.05) is 24.7 Å². The summed E-state index contributed by atoms with van der Waals surface area (Å²) in [7, 11) is 1.65. The third kappa shape index (κ3) is 3.56. The molecular formula is C17H26N2O2. The molecule has 0 radical (unpaired) electrons. The Labute approximate surface area is 127 Å². The van der Waals surface area contributed by atoms with E-state index in [1.165, 1.54) is 0 Å². The molecule has 1 aliphatic rings. The Hall–Kier alpha value is -1.55. The maximum absolute atomic E-state index is 12.5. The number of likely N-dealkylation sites (tertiary alicyclic amines) is 1. The average molecular weight is 290 g/mol. The second kappa shape index (κ2) is 6.48. The van der Waals surface area contributed by atoms with E-state index in [-0.39, 0.29) is 11.3 Å². The Balaban J connectivity index is 1.96. The lowest BCUT2D eigenvalue weighted by Gasteiger charge is -2.25. The second-order valence-electron chi connectivity index (χ2n) is 6.37. The summed E-state index contributed by atoms with van der Waals surface area (Å²) in [5.41, 5.74) is 0.724. The highest BCUT2D eigenvalue weighted by Gasteiger charge is 2.40. The van der Waals surface area contributed by atoms with Crippen LogP contribution in [-0.4, -0.2) is 37.0 Å². The fourth-order valence-corrected chi connectivity index (χ4v) is 2.86. The zero-order valence-electron chi connectivity index (χ0n) is 13.5. The van der Waals surface area contributed by atoms with Gasteiger partial charge in [-0.15, -0.1) is 0 Å². The molecule has 1 unspecified atom stereocenters. The van der Waals surface area contributed by atoms with E-state index >= 15 is 0 Å². The van der Waals surface area contributed by atoms with Crippen molar-refractivity contribution in [3.63, 3.8) is 0 Å². The first-order valence-corrected chi connectivity index (χ1v) is 7.60. The first kappa shape index (κ1) is 15.8. The molecule has 1 N–H and O–H groups in total. The number of rotatable bonds is 5. The smallest absolute Gasteiger partial charge is 0.227 e. The molecule has 1 heterocycles. The topological polar surface area (TPSA) is 41.6 Å². The highest BCUT2D eigenvalue weighted by Crippen LogP contribution is 2.31. The van der Waals surface area contributed by atoms with Crippen molar-refractivity contribution in [2.75, 3.05) is 20.2 Å². The van der Waals surface area contributed by atoms with Crippen LogP contribution in [0.15, 0.2) is 24.3 Å². The summed E-state index contributed by atoms with van der Waals surface area (Å²) in [5.74, 6) is 0.953. The number of carbonyl (C=O) groups is 1. The van der Waals surface area contributed by atoms with Crippen molar-refractivity contribution in [1.82, 2.24) is 10.2 Å². The van der Waals surface area contributed by atoms with Gasteiger partial charge < -0.3 is 10.1 Å². The van der Waals surface area contributed by atoms with E-state index in [9.17, 15) is 4.79 Å². The van der Waals surface area contributed by atoms with Crippen molar-refractivity contribution in [3.05, 3.63) is 29.8 Å². The zero-order valence-corrected chi connectivity index (χ0v) is 13.5. The van der Waals surface area contributed by atoms with Crippen molar-refractivity contribution in [2.24, 2.45) is 5.41 Å². The molecule has 1 saturated heterocycles. The average Bonchev–Trinajstić information content (AvgIpc) is 2.89. The molecule has 116 valence electrons. The van der Waals surface area contributed by atoms with Crippen LogP contribution in [-0.2, 0) is 11.3 Å². The van der Waals surface area contributed by atoms with Crippen molar-refractivity contribution >= 4 is 5.91 Å². The molecule has 4 nitrogen and oxygen atoms in total. The van der Waals surface area contributed by atoms with Crippen LogP contribution in [0.25, 0.3) is 0 Å². The van der Waals surface area contributed by atoms with Gasteiger partial charge in [0.25, 0.3) is 0 Å². The molecule has 0 spiro atoms. The van der Waals surface area contributed by atoms with Gasteiger partial charge >= 0.3 is 0 Å². The first-order chi connectivity index (χ1) is 9.96. The number of methoxy groups -OCH3 is 1. The molecule has 1 amide bonds. The number of hydrogen-bond acceptors (Lipinski definition) is 3. The van der Waals surface area contributed by atoms with Crippen LogP contribution in [0.4, 0.5) is 0 Å². The number of ether oxygens (including phenoxy) is 1. The van der Waals surface area contributed by atoms with Crippen molar-refractivity contribution in [2.45, 2.75) is 39.8 Å². The summed E-state index contributed by atoms with van der Waals surface area (Å²) in [5, 5.41) is 3.07. The fraction of sp³-hybridized carbons (Fsp3) is 0.588. The minimum atomic E-state index is -0.285. The van der Waals surface area contributed by atoms with Gasteiger partial charge in [-0.25, -0.2) is 0 Å². The molecule has 1 aliphatic heterocycles. The number of benzene rings is 1. The van der Waals surface area contributed by atoms with Crippen LogP contribution >= 0.6 is 0 Å². The lowest BCUT2D eigenvalue weighted by Crippen LogP contribution is -2.41. The Morgan fingerprint density at radius 3 is 2.76 bits per heavy atom. The van der Waals surface area contributed by atoms with E-state index < -0.39 is 0 Å². The lowest BCUT2D eigenvalue weighted by molar-refractivity contribution is -0.129. The first-order valence-electron chi connectivity index (χ1n) is 7.60. The van der Waals surface area contributed by atoms with E-state index in [1.54, 1.807) is 7.11 Å². The predicted molar refractivity (Wildman–Crippen MR) is 84.3 cm³/mol. The molecular weight excluding hydrogens is 264 g/mol. The van der Waals surface area contributed by atoms with Gasteiger partial charge in [-0.05, 0) is 39.8 Å². The molecule has 1 aromatic rings. The number of nitrogens with one attached hydrogen (secondary N) is 1. The minimum absolute atomic E-state index is 0.136. The molecule has 0 saturated carbocycles. The highest BCUT2D eigenvalue weighted by molar-refractivity contribution is 5.82. The monoisotopic (exact) mass is 290 g/mol. The van der Waals surface area contributed by atoms with Gasteiger partial charge in [-0.1, -0.05) is 18.2 Å². The molecule has 1 fully saturated rings. The maximum atomic E-state index is 12.5. The van der Waals surface area contributed by atoms with Crippen LogP contribution in [0, 0.1) is 5.41 Å². The van der Waals surface area contributed by atoms with E-state index in [0.29, 0.717) is 12.6 Å². The van der Waals surface area contributed by atoms with Gasteiger partial charge in [-0.2, -0.15) is 0 Å². The predicted octanol–water partition coefficient (Wildman–Crippen LogP) is 2.43. The number of nitrogens with zero attached hydrogens (tertiary/aromatic N) is 1. The quantitative estimate of drug-likeness (QED) is 0.905. The van der Waals surface area contributed by atoms with Crippen LogP contribution in [0.2, 0.25) is 0 Å². The van der Waals surface area contributed by atoms with Crippen molar-refractivity contribution in [1.29, 1.82) is 0 Å². The van der Waals surface area contributed by atoms with Gasteiger partial charge in [0.15, 0.2) is 0 Å². The Morgan fingerprint density at radius 2 is 2.14 bits per heavy atom. The summed E-state index contributed by atoms with van der Waals surface area (Å²) in [6.07, 6.45) is 0.920. The SMILES string of the molecule is COc1ccccc1CNC(=O)C1(C)CCN(C(C)C)C1. The second-order valence-corrected chi connectivity index (χ2v) is 6.37. The van der Waals surface area contributed by atoms with E-state index in [4.69, 9.17) is 4.74 Å². The van der Waals surface area contributed by atoms with Crippen LogP contribution in [0.1, 0.15) is 32.8 Å². The molecule has 4 heteroatoms. The Kier molecular flexibility index (Phi) is 4.88. The lowest BCUT2D eigenvalue weighted by atomic mass is 9.88. The summed E-state index contributed by atoms with van der Waals surface area (Å²) in [6.45, 7) is 8.77. The molecule has 2 rings (SSSR count). The zero-order chi connectivity index (χ0) is 15.5. The molecule has 1 aromatic carbocycles. The van der Waals surface area contributed by atoms with Crippen LogP contribution in [0.5, 0.6) is 5.75 Å². The molecule has 0 bridgehead atoms. The molecule has 0 aromatic heterocycles. The summed E-state index contributed by atoms with van der Waals surface area (Å²) < 4.78 is 5.32. The summed E-state index contributed by atoms with van der Waals surface area (Å²) >= 11 is 0. The fourth-order valence-electron chi connectivity index (χ4n) is 2.86. The molecule has 0 aliphatic carbocycles. The molecule has 1 atom stereocenters.